The lowest BCUT2D eigenvalue weighted by Gasteiger charge is -2.20. The largest absolute Gasteiger partial charge is 0.496 e. The van der Waals surface area contributed by atoms with Crippen LogP contribution < -0.4 is 10.1 Å². The van der Waals surface area contributed by atoms with Gasteiger partial charge in [-0.3, -0.25) is 0 Å². The first-order valence-electron chi connectivity index (χ1n) is 12.6. The molecular formula is C29H35N3O. The van der Waals surface area contributed by atoms with Crippen LogP contribution in [-0.2, 0) is 25.7 Å². The van der Waals surface area contributed by atoms with Crippen LogP contribution in [0, 0.1) is 0 Å². The van der Waals surface area contributed by atoms with Crippen LogP contribution in [0.15, 0.2) is 42.5 Å². The van der Waals surface area contributed by atoms with Crippen molar-refractivity contribution in [1.82, 2.24) is 9.97 Å². The van der Waals surface area contributed by atoms with Gasteiger partial charge >= 0.3 is 0 Å². The van der Waals surface area contributed by atoms with Crippen molar-refractivity contribution in [3.63, 3.8) is 0 Å². The molecular weight excluding hydrogens is 406 g/mol. The van der Waals surface area contributed by atoms with Gasteiger partial charge in [0.15, 0.2) is 0 Å². The van der Waals surface area contributed by atoms with Gasteiger partial charge in [0.1, 0.15) is 11.6 Å². The lowest BCUT2D eigenvalue weighted by molar-refractivity contribution is 0.415. The summed E-state index contributed by atoms with van der Waals surface area (Å²) in [4.78, 5) is 10.3. The highest BCUT2D eigenvalue weighted by atomic mass is 16.5. The van der Waals surface area contributed by atoms with E-state index in [0.29, 0.717) is 12.0 Å². The van der Waals surface area contributed by atoms with E-state index in [9.17, 15) is 0 Å². The first-order valence-corrected chi connectivity index (χ1v) is 12.6. The van der Waals surface area contributed by atoms with E-state index in [1.165, 1.54) is 36.0 Å². The predicted molar refractivity (Wildman–Crippen MR) is 135 cm³/mol. The summed E-state index contributed by atoms with van der Waals surface area (Å²) in [5.74, 6) is 2.52. The van der Waals surface area contributed by atoms with Crippen molar-refractivity contribution in [1.29, 1.82) is 0 Å². The smallest absolute Gasteiger partial charge is 0.148 e. The van der Waals surface area contributed by atoms with E-state index in [-0.39, 0.29) is 0 Å². The predicted octanol–water partition coefficient (Wildman–Crippen LogP) is 6.51. The van der Waals surface area contributed by atoms with Crippen LogP contribution in [0.25, 0.3) is 11.3 Å². The SMILES string of the molecule is CCc1nc(-c2cc3c(cc2OC)CCC3)c(CC)nc1NC1CCC(c2ccccc2)C1. The number of hydrogen-bond acceptors (Lipinski definition) is 4. The van der Waals surface area contributed by atoms with Crippen LogP contribution in [0.5, 0.6) is 5.75 Å². The molecule has 4 nitrogen and oxygen atoms in total. The second-order valence-electron chi connectivity index (χ2n) is 9.46. The Balaban J connectivity index is 1.44. The van der Waals surface area contributed by atoms with Gasteiger partial charge in [-0.1, -0.05) is 44.2 Å². The second kappa shape index (κ2) is 9.54. The number of benzene rings is 2. The van der Waals surface area contributed by atoms with Gasteiger partial charge in [-0.05, 0) is 86.1 Å². The monoisotopic (exact) mass is 441 g/mol. The summed E-state index contributed by atoms with van der Waals surface area (Å²) in [6.07, 6.45) is 8.76. The molecule has 3 aromatic rings. The molecule has 33 heavy (non-hydrogen) atoms. The van der Waals surface area contributed by atoms with E-state index in [1.54, 1.807) is 7.11 Å². The quantitative estimate of drug-likeness (QED) is 0.454. The molecule has 2 aliphatic rings. The molecule has 172 valence electrons. The molecule has 2 unspecified atom stereocenters. The number of aromatic nitrogens is 2. The van der Waals surface area contributed by atoms with E-state index >= 15 is 0 Å². The molecule has 0 aliphatic heterocycles. The Kier molecular flexibility index (Phi) is 6.34. The third kappa shape index (κ3) is 4.36. The van der Waals surface area contributed by atoms with Gasteiger partial charge in [0, 0.05) is 11.6 Å². The van der Waals surface area contributed by atoms with Crippen LogP contribution in [0.1, 0.15) is 73.5 Å². The number of methoxy groups -OCH3 is 1. The summed E-state index contributed by atoms with van der Waals surface area (Å²) < 4.78 is 5.81. The van der Waals surface area contributed by atoms with Crippen molar-refractivity contribution in [3.05, 3.63) is 70.5 Å². The Hall–Kier alpha value is -2.88. The van der Waals surface area contributed by atoms with Crippen molar-refractivity contribution in [3.8, 4) is 17.0 Å². The minimum Gasteiger partial charge on any atom is -0.496 e. The van der Waals surface area contributed by atoms with Crippen molar-refractivity contribution in [2.45, 2.75) is 77.2 Å². The summed E-state index contributed by atoms with van der Waals surface area (Å²) in [5, 5.41) is 3.78. The highest BCUT2D eigenvalue weighted by molar-refractivity contribution is 5.72. The topological polar surface area (TPSA) is 47.0 Å². The normalized spacial score (nSPS) is 19.5. The molecule has 0 amide bonds. The van der Waals surface area contributed by atoms with E-state index in [2.05, 4.69) is 61.6 Å². The molecule has 0 radical (unpaired) electrons. The Morgan fingerprint density at radius 3 is 2.42 bits per heavy atom. The Labute approximate surface area is 197 Å². The zero-order valence-corrected chi connectivity index (χ0v) is 20.2. The summed E-state index contributed by atoms with van der Waals surface area (Å²) >= 11 is 0. The zero-order chi connectivity index (χ0) is 22.8. The van der Waals surface area contributed by atoms with Gasteiger partial charge in [0.25, 0.3) is 0 Å². The number of rotatable bonds is 7. The van der Waals surface area contributed by atoms with E-state index < -0.39 is 0 Å². The van der Waals surface area contributed by atoms with Gasteiger partial charge < -0.3 is 10.1 Å². The van der Waals surface area contributed by atoms with Crippen molar-refractivity contribution >= 4 is 5.82 Å². The molecule has 2 aromatic carbocycles. The molecule has 2 atom stereocenters. The Bertz CT molecular complexity index is 1130. The number of ether oxygens (including phenoxy) is 1. The summed E-state index contributed by atoms with van der Waals surface area (Å²) in [6.45, 7) is 4.34. The molecule has 1 heterocycles. The minimum absolute atomic E-state index is 0.444. The number of nitrogens with zero attached hydrogens (tertiary/aromatic N) is 2. The zero-order valence-electron chi connectivity index (χ0n) is 20.2. The summed E-state index contributed by atoms with van der Waals surface area (Å²) in [7, 11) is 1.76. The average molecular weight is 442 g/mol. The van der Waals surface area contributed by atoms with Crippen LogP contribution >= 0.6 is 0 Å². The van der Waals surface area contributed by atoms with Crippen molar-refractivity contribution < 1.29 is 4.74 Å². The third-order valence-electron chi connectivity index (χ3n) is 7.42. The molecule has 0 spiro atoms. The lowest BCUT2D eigenvalue weighted by atomic mass is 9.98. The molecule has 2 aliphatic carbocycles. The number of fused-ring (bicyclic) bond motifs is 1. The molecule has 5 rings (SSSR count). The molecule has 0 saturated heterocycles. The maximum absolute atomic E-state index is 5.81. The van der Waals surface area contributed by atoms with Crippen molar-refractivity contribution in [2.75, 3.05) is 12.4 Å². The van der Waals surface area contributed by atoms with E-state index in [4.69, 9.17) is 14.7 Å². The standard InChI is InChI=1S/C29H35N3O/c1-4-25-28(24-17-20-12-9-13-21(20)18-27(24)33-3)31-26(5-2)29(32-25)30-23-15-14-22(16-23)19-10-7-6-8-11-19/h6-8,10-11,17-18,22-23H,4-5,9,12-16H2,1-3H3,(H,30,32). The number of nitrogens with one attached hydrogen (secondary N) is 1. The van der Waals surface area contributed by atoms with Crippen LogP contribution in [0.4, 0.5) is 5.82 Å². The Morgan fingerprint density at radius 2 is 1.70 bits per heavy atom. The fourth-order valence-electron chi connectivity index (χ4n) is 5.62. The minimum atomic E-state index is 0.444. The van der Waals surface area contributed by atoms with Gasteiger partial charge in [-0.25, -0.2) is 9.97 Å². The first kappa shape index (κ1) is 21.9. The average Bonchev–Trinajstić information content (AvgIpc) is 3.52. The molecule has 1 N–H and O–H groups in total. The molecule has 1 aromatic heterocycles. The van der Waals surface area contributed by atoms with Gasteiger partial charge in [0.05, 0.1) is 24.2 Å². The van der Waals surface area contributed by atoms with E-state index in [1.807, 2.05) is 0 Å². The highest BCUT2D eigenvalue weighted by Gasteiger charge is 2.27. The molecule has 0 bridgehead atoms. The number of aryl methyl sites for hydroxylation is 4. The number of anilines is 1. The van der Waals surface area contributed by atoms with Gasteiger partial charge in [-0.15, -0.1) is 0 Å². The Morgan fingerprint density at radius 1 is 0.939 bits per heavy atom. The maximum Gasteiger partial charge on any atom is 0.148 e. The lowest BCUT2D eigenvalue weighted by Crippen LogP contribution is -2.19. The summed E-state index contributed by atoms with van der Waals surface area (Å²) in [5.41, 5.74) is 8.49. The maximum atomic E-state index is 5.81. The fraction of sp³-hybridized carbons (Fsp3) is 0.448. The van der Waals surface area contributed by atoms with Crippen LogP contribution in [0.2, 0.25) is 0 Å². The van der Waals surface area contributed by atoms with Gasteiger partial charge in [0.2, 0.25) is 0 Å². The second-order valence-corrected chi connectivity index (χ2v) is 9.46. The van der Waals surface area contributed by atoms with Crippen molar-refractivity contribution in [2.24, 2.45) is 0 Å². The molecule has 1 fully saturated rings. The molecule has 4 heteroatoms. The van der Waals surface area contributed by atoms with Crippen LogP contribution in [-0.4, -0.2) is 23.1 Å². The first-order chi connectivity index (χ1) is 16.2. The molecule has 1 saturated carbocycles. The highest BCUT2D eigenvalue weighted by Crippen LogP contribution is 2.39. The number of hydrogen-bond donors (Lipinski definition) is 1. The third-order valence-corrected chi connectivity index (χ3v) is 7.42. The van der Waals surface area contributed by atoms with E-state index in [0.717, 1.165) is 66.3 Å². The fourth-order valence-corrected chi connectivity index (χ4v) is 5.62. The van der Waals surface area contributed by atoms with Gasteiger partial charge in [-0.2, -0.15) is 0 Å². The van der Waals surface area contributed by atoms with Crippen LogP contribution in [0.3, 0.4) is 0 Å². The summed E-state index contributed by atoms with van der Waals surface area (Å²) in [6, 6.07) is 15.9.